The van der Waals surface area contributed by atoms with Crippen LogP contribution in [0.15, 0.2) is 36.5 Å². The third-order valence-corrected chi connectivity index (χ3v) is 16.7. The summed E-state index contributed by atoms with van der Waals surface area (Å²) in [4.78, 5) is 24.6. The highest BCUT2D eigenvalue weighted by molar-refractivity contribution is 5.76. The van der Waals surface area contributed by atoms with Crippen LogP contribution in [0.5, 0.6) is 0 Å². The largest absolute Gasteiger partial charge is 0.466 e. The maximum absolute atomic E-state index is 12.5. The number of aliphatic hydroxyl groups is 2. The number of allylic oxidation sites excluding steroid dienone is 5. The number of nitrogens with one attached hydrogen (secondary N) is 1. The van der Waals surface area contributed by atoms with Gasteiger partial charge in [0.15, 0.2) is 0 Å². The second kappa shape index (κ2) is 68.6. The van der Waals surface area contributed by atoms with Crippen molar-refractivity contribution in [2.45, 2.75) is 405 Å². The zero-order chi connectivity index (χ0) is 57.1. The van der Waals surface area contributed by atoms with Gasteiger partial charge >= 0.3 is 5.97 Å². The quantitative estimate of drug-likeness (QED) is 0.0320. The second-order valence-corrected chi connectivity index (χ2v) is 24.6. The SMILES string of the molecule is CCCCC/C=C\C/C=C\CCCCCCCCCCCC(=O)OCCCCCCCCCCCCCCCCCCCCCCCCCCCCCCCCCC(=O)NC(CO)C(O)/C=C/CCCCCCCCCCCC. The first-order chi connectivity index (χ1) is 39.0. The van der Waals surface area contributed by atoms with Crippen molar-refractivity contribution in [1.82, 2.24) is 5.32 Å². The standard InChI is InChI=1S/C73H139NO5/c1-3-5-7-9-11-13-15-17-18-19-33-37-40-43-47-51-55-59-63-67-73(78)79-68-64-60-56-52-48-44-41-38-35-32-30-28-26-24-22-20-21-23-25-27-29-31-34-36-39-42-46-50-54-58-62-66-72(77)74-70(69-75)71(76)65-61-57-53-49-45-16-14-12-10-8-6-4-2/h11,13,17-18,61,65,70-71,75-76H,3-10,12,14-16,19-60,62-64,66-69H2,1-2H3,(H,74,77)/b13-11-,18-17-,65-61+. The van der Waals surface area contributed by atoms with Crippen LogP contribution in [0.1, 0.15) is 393 Å². The van der Waals surface area contributed by atoms with Crippen LogP contribution >= 0.6 is 0 Å². The minimum atomic E-state index is -0.840. The highest BCUT2D eigenvalue weighted by Gasteiger charge is 2.18. The zero-order valence-electron chi connectivity index (χ0n) is 53.4. The lowest BCUT2D eigenvalue weighted by Crippen LogP contribution is -2.45. The van der Waals surface area contributed by atoms with Gasteiger partial charge in [-0.25, -0.2) is 0 Å². The van der Waals surface area contributed by atoms with Gasteiger partial charge in [0.2, 0.25) is 5.91 Å². The van der Waals surface area contributed by atoms with Crippen LogP contribution in [0.2, 0.25) is 0 Å². The van der Waals surface area contributed by atoms with Crippen molar-refractivity contribution in [3.63, 3.8) is 0 Å². The van der Waals surface area contributed by atoms with Crippen molar-refractivity contribution < 1.29 is 24.5 Å². The van der Waals surface area contributed by atoms with E-state index in [9.17, 15) is 19.8 Å². The van der Waals surface area contributed by atoms with Gasteiger partial charge in [-0.3, -0.25) is 9.59 Å². The van der Waals surface area contributed by atoms with Gasteiger partial charge in [-0.05, 0) is 64.2 Å². The van der Waals surface area contributed by atoms with E-state index in [0.29, 0.717) is 19.4 Å². The molecule has 3 N–H and O–H groups in total. The molecular formula is C73H139NO5. The van der Waals surface area contributed by atoms with Crippen molar-refractivity contribution in [3.8, 4) is 0 Å². The maximum Gasteiger partial charge on any atom is 0.305 e. The Morgan fingerprint density at radius 3 is 0.987 bits per heavy atom. The van der Waals surface area contributed by atoms with Crippen LogP contribution < -0.4 is 5.32 Å². The predicted octanol–water partition coefficient (Wildman–Crippen LogP) is 23.1. The molecule has 0 aliphatic rings. The first-order valence-electron chi connectivity index (χ1n) is 35.8. The topological polar surface area (TPSA) is 95.9 Å². The molecule has 466 valence electrons. The van der Waals surface area contributed by atoms with E-state index in [1.807, 2.05) is 6.08 Å². The van der Waals surface area contributed by atoms with E-state index in [2.05, 4.69) is 43.5 Å². The van der Waals surface area contributed by atoms with Crippen LogP contribution in [0.25, 0.3) is 0 Å². The fourth-order valence-corrected chi connectivity index (χ4v) is 11.2. The predicted molar refractivity (Wildman–Crippen MR) is 347 cm³/mol. The summed E-state index contributed by atoms with van der Waals surface area (Å²) in [6, 6.07) is -0.623. The monoisotopic (exact) mass is 1110 g/mol. The fraction of sp³-hybridized carbons (Fsp3) is 0.890. The highest BCUT2D eigenvalue weighted by Crippen LogP contribution is 2.19. The van der Waals surface area contributed by atoms with E-state index < -0.39 is 12.1 Å². The number of carbonyl (C=O) groups is 2. The van der Waals surface area contributed by atoms with Gasteiger partial charge in [-0.15, -0.1) is 0 Å². The molecule has 0 aliphatic heterocycles. The van der Waals surface area contributed by atoms with Crippen LogP contribution in [0.3, 0.4) is 0 Å². The van der Waals surface area contributed by atoms with Crippen LogP contribution in [-0.4, -0.2) is 47.4 Å². The summed E-state index contributed by atoms with van der Waals surface area (Å²) < 4.78 is 5.51. The molecule has 79 heavy (non-hydrogen) atoms. The lowest BCUT2D eigenvalue weighted by Gasteiger charge is -2.20. The lowest BCUT2D eigenvalue weighted by atomic mass is 10.0. The summed E-state index contributed by atoms with van der Waals surface area (Å²) in [6.07, 6.45) is 88.1. The summed E-state index contributed by atoms with van der Waals surface area (Å²) in [6.45, 7) is 4.90. The van der Waals surface area contributed by atoms with Crippen LogP contribution in [0, 0.1) is 0 Å². The Morgan fingerprint density at radius 1 is 0.354 bits per heavy atom. The van der Waals surface area contributed by atoms with Gasteiger partial charge in [0.25, 0.3) is 0 Å². The Morgan fingerprint density at radius 2 is 0.633 bits per heavy atom. The summed E-state index contributed by atoms with van der Waals surface area (Å²) >= 11 is 0. The van der Waals surface area contributed by atoms with Crippen molar-refractivity contribution in [2.75, 3.05) is 13.2 Å². The number of amides is 1. The number of ether oxygens (including phenoxy) is 1. The number of hydrogen-bond acceptors (Lipinski definition) is 5. The second-order valence-electron chi connectivity index (χ2n) is 24.6. The van der Waals surface area contributed by atoms with Crippen molar-refractivity contribution in [3.05, 3.63) is 36.5 Å². The molecule has 0 rings (SSSR count). The fourth-order valence-electron chi connectivity index (χ4n) is 11.2. The minimum Gasteiger partial charge on any atom is -0.466 e. The lowest BCUT2D eigenvalue weighted by molar-refractivity contribution is -0.143. The molecule has 2 atom stereocenters. The third-order valence-electron chi connectivity index (χ3n) is 16.7. The van der Waals surface area contributed by atoms with E-state index in [-0.39, 0.29) is 18.5 Å². The van der Waals surface area contributed by atoms with E-state index in [1.165, 1.54) is 315 Å². The molecule has 0 radical (unpaired) electrons. The van der Waals surface area contributed by atoms with Crippen LogP contribution in [-0.2, 0) is 14.3 Å². The van der Waals surface area contributed by atoms with Crippen molar-refractivity contribution in [1.29, 1.82) is 0 Å². The summed E-state index contributed by atoms with van der Waals surface area (Å²) in [5, 5.41) is 23.1. The molecule has 0 heterocycles. The van der Waals surface area contributed by atoms with Gasteiger partial charge in [-0.1, -0.05) is 352 Å². The number of aliphatic hydroxyl groups excluding tert-OH is 2. The normalized spacial score (nSPS) is 12.7. The molecule has 0 spiro atoms. The number of rotatable bonds is 67. The molecule has 0 fully saturated rings. The Balaban J connectivity index is 3.31. The number of esters is 1. The highest BCUT2D eigenvalue weighted by atomic mass is 16.5. The van der Waals surface area contributed by atoms with E-state index in [4.69, 9.17) is 4.74 Å². The summed E-state index contributed by atoms with van der Waals surface area (Å²) in [5.74, 6) is -0.0460. The maximum atomic E-state index is 12.5. The Bertz CT molecular complexity index is 1280. The van der Waals surface area contributed by atoms with Gasteiger partial charge < -0.3 is 20.3 Å². The van der Waals surface area contributed by atoms with E-state index >= 15 is 0 Å². The molecule has 0 aliphatic carbocycles. The third kappa shape index (κ3) is 65.1. The summed E-state index contributed by atoms with van der Waals surface area (Å²) in [7, 11) is 0. The average Bonchev–Trinajstić information content (AvgIpc) is 3.45. The summed E-state index contributed by atoms with van der Waals surface area (Å²) in [5.41, 5.74) is 0. The molecular weight excluding hydrogens is 971 g/mol. The Kier molecular flexibility index (Phi) is 66.9. The molecule has 0 aromatic heterocycles. The van der Waals surface area contributed by atoms with Gasteiger partial charge in [0, 0.05) is 12.8 Å². The minimum absolute atomic E-state index is 0.0169. The smallest absolute Gasteiger partial charge is 0.305 e. The molecule has 1 amide bonds. The Hall–Kier alpha value is -1.92. The zero-order valence-corrected chi connectivity index (χ0v) is 53.4. The molecule has 0 saturated heterocycles. The van der Waals surface area contributed by atoms with E-state index in [0.717, 1.165) is 51.4 Å². The van der Waals surface area contributed by atoms with Crippen LogP contribution in [0.4, 0.5) is 0 Å². The van der Waals surface area contributed by atoms with Gasteiger partial charge in [-0.2, -0.15) is 0 Å². The number of hydrogen-bond donors (Lipinski definition) is 3. The molecule has 0 aromatic rings. The first-order valence-corrected chi connectivity index (χ1v) is 35.8. The molecule has 0 bridgehead atoms. The molecule has 0 saturated carbocycles. The van der Waals surface area contributed by atoms with Crippen molar-refractivity contribution in [2.24, 2.45) is 0 Å². The molecule has 0 aromatic carbocycles. The Labute approximate surface area is 494 Å². The van der Waals surface area contributed by atoms with Crippen molar-refractivity contribution >= 4 is 11.9 Å². The first kappa shape index (κ1) is 77.1. The molecule has 6 heteroatoms. The number of unbranched alkanes of at least 4 members (excludes halogenated alkanes) is 52. The van der Waals surface area contributed by atoms with Gasteiger partial charge in [0.05, 0.1) is 25.4 Å². The van der Waals surface area contributed by atoms with E-state index in [1.54, 1.807) is 6.08 Å². The molecule has 2 unspecified atom stereocenters. The van der Waals surface area contributed by atoms with Gasteiger partial charge in [0.1, 0.15) is 0 Å². The average molecular weight is 1110 g/mol. The molecule has 6 nitrogen and oxygen atoms in total. The number of carbonyl (C=O) groups excluding carboxylic acids is 2.